The summed E-state index contributed by atoms with van der Waals surface area (Å²) < 4.78 is 29.0. The van der Waals surface area contributed by atoms with Gasteiger partial charge in [0.05, 0.1) is 22.1 Å². The van der Waals surface area contributed by atoms with Gasteiger partial charge in [-0.05, 0) is 67.3 Å². The summed E-state index contributed by atoms with van der Waals surface area (Å²) in [5, 5.41) is 4.53. The molecule has 0 aliphatic rings. The van der Waals surface area contributed by atoms with Crippen LogP contribution in [0.3, 0.4) is 0 Å². The normalized spacial score (nSPS) is 12.2. The Morgan fingerprint density at radius 1 is 0.853 bits per heavy atom. The van der Waals surface area contributed by atoms with Gasteiger partial charge < -0.3 is 5.73 Å². The first-order valence-electron chi connectivity index (χ1n) is 10.8. The minimum atomic E-state index is -4.00. The molecule has 2 aromatic heterocycles. The van der Waals surface area contributed by atoms with Crippen LogP contribution in [0.1, 0.15) is 22.3 Å². The van der Waals surface area contributed by atoms with Gasteiger partial charge in [0.2, 0.25) is 9.84 Å². The summed E-state index contributed by atoms with van der Waals surface area (Å²) in [4.78, 5) is 9.38. The molecule has 0 amide bonds. The summed E-state index contributed by atoms with van der Waals surface area (Å²) in [5.41, 5.74) is 11.9. The van der Waals surface area contributed by atoms with Crippen LogP contribution in [0, 0.1) is 20.8 Å². The number of sulfone groups is 1. The lowest BCUT2D eigenvalue weighted by Gasteiger charge is -2.07. The number of aromatic nitrogens is 3. The number of benzene rings is 3. The zero-order valence-electron chi connectivity index (χ0n) is 19.0. The molecule has 0 fully saturated rings. The molecule has 8 heteroatoms. The van der Waals surface area contributed by atoms with Crippen molar-refractivity contribution < 1.29 is 8.42 Å². The van der Waals surface area contributed by atoms with Crippen molar-refractivity contribution in [1.29, 1.82) is 0 Å². The fourth-order valence-corrected chi connectivity index (χ4v) is 5.42. The third-order valence-electron chi connectivity index (χ3n) is 5.99. The molecule has 0 radical (unpaired) electrons. The summed E-state index contributed by atoms with van der Waals surface area (Å²) in [6.07, 6.45) is 1.65. The first-order chi connectivity index (χ1) is 16.3. The number of anilines is 1. The highest BCUT2D eigenvalue weighted by Crippen LogP contribution is 2.35. The van der Waals surface area contributed by atoms with Crippen molar-refractivity contribution in [3.05, 3.63) is 89.0 Å². The minimum absolute atomic E-state index is 0.0339. The van der Waals surface area contributed by atoms with E-state index in [4.69, 9.17) is 5.73 Å². The number of nitrogen functional groups attached to an aromatic ring is 1. The van der Waals surface area contributed by atoms with Crippen molar-refractivity contribution in [2.75, 3.05) is 5.73 Å². The second kappa shape index (κ2) is 8.07. The summed E-state index contributed by atoms with van der Waals surface area (Å²) in [7, 11) is -4.00. The first-order valence-corrected chi connectivity index (χ1v) is 12.2. The predicted octanol–water partition coefficient (Wildman–Crippen LogP) is 4.81. The van der Waals surface area contributed by atoms with E-state index < -0.39 is 9.84 Å². The van der Waals surface area contributed by atoms with Gasteiger partial charge in [0.1, 0.15) is 16.2 Å². The van der Waals surface area contributed by atoms with E-state index in [0.29, 0.717) is 11.0 Å². The molecular weight excluding hydrogens is 446 g/mol. The highest BCUT2D eigenvalue weighted by molar-refractivity contribution is 7.92. The summed E-state index contributed by atoms with van der Waals surface area (Å²) in [6.45, 7) is 5.78. The summed E-state index contributed by atoms with van der Waals surface area (Å²) >= 11 is 0. The van der Waals surface area contributed by atoms with Gasteiger partial charge in [-0.3, -0.25) is 0 Å². The smallest absolute Gasteiger partial charge is 0.212 e. The molecule has 0 aliphatic heterocycles. The molecule has 0 saturated heterocycles. The van der Waals surface area contributed by atoms with Crippen LogP contribution in [0.15, 0.2) is 81.6 Å². The first kappa shape index (κ1) is 21.8. The van der Waals surface area contributed by atoms with Gasteiger partial charge in [0.25, 0.3) is 0 Å². The van der Waals surface area contributed by atoms with Crippen molar-refractivity contribution in [1.82, 2.24) is 14.6 Å². The van der Waals surface area contributed by atoms with Gasteiger partial charge in [0.15, 0.2) is 5.65 Å². The Kier molecular flexibility index (Phi) is 5.17. The number of hydrogen-bond acceptors (Lipinski definition) is 6. The van der Waals surface area contributed by atoms with E-state index in [1.807, 2.05) is 63.2 Å². The molecule has 5 aromatic rings. The standard InChI is InChI=1S/C26H23N5O2S/c1-16-12-13-20(14-18(16)3)34(32,33)24-23-26(30-22-11-7-6-10-21(22)29-23)31(25(24)27)28-15-19-9-5-4-8-17(19)2/h4-15H,27H2,1-3H3/b28-15+. The fourth-order valence-electron chi connectivity index (χ4n) is 3.85. The van der Waals surface area contributed by atoms with Crippen LogP contribution >= 0.6 is 0 Å². The summed E-state index contributed by atoms with van der Waals surface area (Å²) in [5.74, 6) is -0.0339. The molecule has 0 bridgehead atoms. The molecule has 2 heterocycles. The molecule has 0 spiro atoms. The Labute approximate surface area is 197 Å². The van der Waals surface area contributed by atoms with E-state index in [-0.39, 0.29) is 26.8 Å². The fraction of sp³-hybridized carbons (Fsp3) is 0.115. The van der Waals surface area contributed by atoms with E-state index in [0.717, 1.165) is 22.3 Å². The van der Waals surface area contributed by atoms with E-state index in [1.165, 1.54) is 4.68 Å². The van der Waals surface area contributed by atoms with Crippen molar-refractivity contribution >= 4 is 44.1 Å². The van der Waals surface area contributed by atoms with E-state index in [9.17, 15) is 8.42 Å². The molecule has 0 saturated carbocycles. The maximum Gasteiger partial charge on any atom is 0.212 e. The number of fused-ring (bicyclic) bond motifs is 2. The van der Waals surface area contributed by atoms with Crippen LogP contribution in [-0.4, -0.2) is 29.3 Å². The van der Waals surface area contributed by atoms with Crippen molar-refractivity contribution in [3.8, 4) is 0 Å². The van der Waals surface area contributed by atoms with E-state index >= 15 is 0 Å². The van der Waals surface area contributed by atoms with E-state index in [2.05, 4.69) is 15.1 Å². The summed E-state index contributed by atoms with van der Waals surface area (Å²) in [6, 6.07) is 20.1. The van der Waals surface area contributed by atoms with Crippen molar-refractivity contribution in [3.63, 3.8) is 0 Å². The Morgan fingerprint density at radius 2 is 1.53 bits per heavy atom. The van der Waals surface area contributed by atoms with Crippen LogP contribution in [-0.2, 0) is 9.84 Å². The van der Waals surface area contributed by atoms with Crippen molar-refractivity contribution in [2.45, 2.75) is 30.6 Å². The third-order valence-corrected chi connectivity index (χ3v) is 7.80. The molecule has 3 aromatic carbocycles. The Bertz CT molecular complexity index is 1720. The van der Waals surface area contributed by atoms with E-state index in [1.54, 1.807) is 30.5 Å². The van der Waals surface area contributed by atoms with Gasteiger partial charge in [-0.15, -0.1) is 0 Å². The van der Waals surface area contributed by atoms with Crippen LogP contribution in [0.5, 0.6) is 0 Å². The minimum Gasteiger partial charge on any atom is -0.382 e. The largest absolute Gasteiger partial charge is 0.382 e. The van der Waals surface area contributed by atoms with Crippen molar-refractivity contribution in [2.24, 2.45) is 5.10 Å². The number of para-hydroxylation sites is 2. The SMILES string of the molecule is Cc1ccc(S(=O)(=O)c2c(N)n(/N=C/c3ccccc3C)c3nc4ccccc4nc23)cc1C. The zero-order valence-corrected chi connectivity index (χ0v) is 19.8. The number of rotatable bonds is 4. The second-order valence-electron chi connectivity index (χ2n) is 8.26. The lowest BCUT2D eigenvalue weighted by Crippen LogP contribution is -2.07. The Hall–Kier alpha value is -4.04. The molecule has 5 rings (SSSR count). The number of aryl methyl sites for hydroxylation is 3. The lowest BCUT2D eigenvalue weighted by molar-refractivity contribution is 0.597. The number of hydrogen-bond donors (Lipinski definition) is 1. The Morgan fingerprint density at radius 3 is 2.24 bits per heavy atom. The van der Waals surface area contributed by atoms with Crippen LogP contribution < -0.4 is 5.73 Å². The molecule has 34 heavy (non-hydrogen) atoms. The maximum atomic E-state index is 13.8. The number of nitrogens with zero attached hydrogens (tertiary/aromatic N) is 4. The van der Waals surface area contributed by atoms with Crippen LogP contribution in [0.4, 0.5) is 5.82 Å². The van der Waals surface area contributed by atoms with Gasteiger partial charge in [-0.2, -0.15) is 9.78 Å². The molecule has 170 valence electrons. The average molecular weight is 470 g/mol. The second-order valence-corrected chi connectivity index (χ2v) is 10.1. The molecule has 7 nitrogen and oxygen atoms in total. The van der Waals surface area contributed by atoms with Gasteiger partial charge in [0, 0.05) is 0 Å². The highest BCUT2D eigenvalue weighted by atomic mass is 32.2. The van der Waals surface area contributed by atoms with Gasteiger partial charge >= 0.3 is 0 Å². The highest BCUT2D eigenvalue weighted by Gasteiger charge is 2.30. The zero-order chi connectivity index (χ0) is 24.0. The van der Waals surface area contributed by atoms with Gasteiger partial charge in [-0.1, -0.05) is 42.5 Å². The predicted molar refractivity (Wildman–Crippen MR) is 135 cm³/mol. The molecule has 0 aliphatic carbocycles. The van der Waals surface area contributed by atoms with Gasteiger partial charge in [-0.25, -0.2) is 18.4 Å². The molecule has 2 N–H and O–H groups in total. The Balaban J connectivity index is 1.81. The van der Waals surface area contributed by atoms with Crippen LogP contribution in [0.25, 0.3) is 22.2 Å². The molecule has 0 atom stereocenters. The molecular formula is C26H23N5O2S. The maximum absolute atomic E-state index is 13.8. The third kappa shape index (κ3) is 3.52. The number of nitrogens with two attached hydrogens (primary N) is 1. The van der Waals surface area contributed by atoms with Crippen LogP contribution in [0.2, 0.25) is 0 Å². The lowest BCUT2D eigenvalue weighted by atomic mass is 10.1. The quantitative estimate of drug-likeness (QED) is 0.381. The average Bonchev–Trinajstić information content (AvgIpc) is 3.09. The molecule has 0 unspecified atom stereocenters. The monoisotopic (exact) mass is 469 g/mol. The topological polar surface area (TPSA) is 103 Å².